The van der Waals surface area contributed by atoms with Crippen LogP contribution < -0.4 is 5.32 Å². The van der Waals surface area contributed by atoms with E-state index in [0.717, 1.165) is 5.56 Å². The third kappa shape index (κ3) is 4.98. The first-order valence-corrected chi connectivity index (χ1v) is 8.26. The van der Waals surface area contributed by atoms with E-state index in [1.54, 1.807) is 36.4 Å². The Kier molecular flexibility index (Phi) is 5.93. The first kappa shape index (κ1) is 18.8. The Hall–Kier alpha value is -1.53. The molecule has 2 rings (SSSR count). The quantitative estimate of drug-likeness (QED) is 0.341. The number of benzene rings is 2. The van der Waals surface area contributed by atoms with Crippen molar-refractivity contribution < 1.29 is 8.87 Å². The number of rotatable bonds is 2. The molecule has 0 fully saturated rings. The molecule has 0 saturated carbocycles. The second-order valence-electron chi connectivity index (χ2n) is 6.02. The van der Waals surface area contributed by atoms with Crippen molar-refractivity contribution in [3.05, 3.63) is 63.9 Å². The highest BCUT2D eigenvalue weighted by Gasteiger charge is 2.22. The molecule has 0 radical (unpaired) electrons. The van der Waals surface area contributed by atoms with Crippen molar-refractivity contribution in [2.24, 2.45) is 4.99 Å². The van der Waals surface area contributed by atoms with Gasteiger partial charge in [0.25, 0.3) is 0 Å². The Morgan fingerprint density at radius 1 is 1.08 bits per heavy atom. The minimum absolute atomic E-state index is 0.152. The molecular weight excluding hydrogens is 368 g/mol. The van der Waals surface area contributed by atoms with Crippen molar-refractivity contribution in [3.8, 4) is 0 Å². The maximum absolute atomic E-state index is 13.7. The van der Waals surface area contributed by atoms with Crippen LogP contribution >= 0.6 is 35.4 Å². The smallest absolute Gasteiger partial charge is 0.237 e. The lowest BCUT2D eigenvalue weighted by atomic mass is 10.2. The van der Waals surface area contributed by atoms with Crippen LogP contribution in [-0.2, 0) is 0 Å². The van der Waals surface area contributed by atoms with Crippen LogP contribution in [0.1, 0.15) is 5.56 Å². The number of hydrogen-bond donors (Lipinski definition) is 1. The van der Waals surface area contributed by atoms with Crippen LogP contribution in [0, 0.1) is 5.82 Å². The van der Waals surface area contributed by atoms with Crippen LogP contribution in [0.2, 0.25) is 10.0 Å². The van der Waals surface area contributed by atoms with Crippen molar-refractivity contribution in [2.45, 2.75) is 0 Å². The van der Waals surface area contributed by atoms with Gasteiger partial charge in [0.1, 0.15) is 5.82 Å². The molecule has 0 heterocycles. The highest BCUT2D eigenvalue weighted by atomic mass is 35.5. The lowest BCUT2D eigenvalue weighted by Gasteiger charge is -2.25. The summed E-state index contributed by atoms with van der Waals surface area (Å²) in [7, 11) is 5.83. The third-order valence-corrected chi connectivity index (χ3v) is 3.71. The molecule has 0 aliphatic carbocycles. The van der Waals surface area contributed by atoms with E-state index in [1.807, 2.05) is 21.1 Å². The summed E-state index contributed by atoms with van der Waals surface area (Å²) in [5.41, 5.74) is 1.02. The summed E-state index contributed by atoms with van der Waals surface area (Å²) >= 11 is 17.4. The lowest BCUT2D eigenvalue weighted by molar-refractivity contribution is -0.775. The number of hydrogen-bond acceptors (Lipinski definition) is 1. The molecule has 24 heavy (non-hydrogen) atoms. The zero-order chi connectivity index (χ0) is 17.9. The van der Waals surface area contributed by atoms with Gasteiger partial charge in [-0.3, -0.25) is 4.48 Å². The number of quaternary nitrogens is 1. The zero-order valence-electron chi connectivity index (χ0n) is 13.5. The average molecular weight is 385 g/mol. The topological polar surface area (TPSA) is 24.4 Å². The Morgan fingerprint density at radius 2 is 1.67 bits per heavy atom. The fourth-order valence-electron chi connectivity index (χ4n) is 2.09. The first-order chi connectivity index (χ1) is 11.2. The van der Waals surface area contributed by atoms with Crippen molar-refractivity contribution in [1.82, 2.24) is 0 Å². The molecule has 7 heteroatoms. The molecular formula is C17H17Cl2FN3S+. The number of thiocarbonyl (C=S) groups is 1. The predicted octanol–water partition coefficient (Wildman–Crippen LogP) is 4.98. The van der Waals surface area contributed by atoms with Gasteiger partial charge in [-0.25, -0.2) is 4.39 Å². The van der Waals surface area contributed by atoms with Gasteiger partial charge in [0.15, 0.2) is 0 Å². The van der Waals surface area contributed by atoms with Crippen molar-refractivity contribution in [3.63, 3.8) is 0 Å². The number of para-hydroxylation sites is 1. The first-order valence-electron chi connectivity index (χ1n) is 7.09. The Balaban J connectivity index is 2.39. The Labute approximate surface area is 156 Å². The van der Waals surface area contributed by atoms with Gasteiger partial charge in [-0.15, -0.1) is 0 Å². The number of halogens is 3. The molecule has 0 spiro atoms. The van der Waals surface area contributed by atoms with Gasteiger partial charge in [-0.2, -0.15) is 4.99 Å². The second-order valence-corrected chi connectivity index (χ2v) is 7.28. The molecule has 1 N–H and O–H groups in total. The molecule has 2 aromatic rings. The molecule has 0 saturated heterocycles. The zero-order valence-corrected chi connectivity index (χ0v) is 15.8. The summed E-state index contributed by atoms with van der Waals surface area (Å²) in [5, 5.41) is 3.97. The standard InChI is InChI=1S/C17H16Cl2FN3S/c1-23(2,3)16(11-8-12(18)10-13(19)9-11)22-17(24)21-15-7-5-4-6-14(15)20/h4-10H,1-3H3/p+1/b22-16-. The van der Waals surface area contributed by atoms with E-state index in [4.69, 9.17) is 35.4 Å². The number of nitrogens with one attached hydrogen (secondary N) is 1. The molecule has 0 aliphatic heterocycles. The summed E-state index contributed by atoms with van der Waals surface area (Å²) in [5.74, 6) is 0.251. The van der Waals surface area contributed by atoms with Gasteiger partial charge in [0.2, 0.25) is 10.9 Å². The van der Waals surface area contributed by atoms with Gasteiger partial charge >= 0.3 is 0 Å². The summed E-state index contributed by atoms with van der Waals surface area (Å²) in [6.07, 6.45) is 0. The minimum atomic E-state index is -0.396. The lowest BCUT2D eigenvalue weighted by Crippen LogP contribution is -2.42. The van der Waals surface area contributed by atoms with Gasteiger partial charge in [0.05, 0.1) is 32.4 Å². The third-order valence-electron chi connectivity index (χ3n) is 3.08. The summed E-state index contributed by atoms with van der Waals surface area (Å²) in [4.78, 5) is 4.46. The van der Waals surface area contributed by atoms with Crippen LogP contribution in [0.15, 0.2) is 47.5 Å². The maximum Gasteiger partial charge on any atom is 0.237 e. The highest BCUT2D eigenvalue weighted by Crippen LogP contribution is 2.22. The molecule has 0 unspecified atom stereocenters. The molecule has 0 amide bonds. The molecule has 0 atom stereocenters. The molecule has 3 nitrogen and oxygen atoms in total. The minimum Gasteiger partial charge on any atom is -0.328 e. The largest absolute Gasteiger partial charge is 0.328 e. The van der Waals surface area contributed by atoms with Crippen LogP contribution in [0.25, 0.3) is 0 Å². The SMILES string of the molecule is C[N+](C)(C)/C(=N\C(=S)Nc1ccccc1F)c1cc(Cl)cc(Cl)c1. The van der Waals surface area contributed by atoms with E-state index >= 15 is 0 Å². The summed E-state index contributed by atoms with van der Waals surface area (Å²) in [6, 6.07) is 11.5. The van der Waals surface area contributed by atoms with Gasteiger partial charge in [-0.1, -0.05) is 35.3 Å². The van der Waals surface area contributed by atoms with Crippen molar-refractivity contribution in [1.29, 1.82) is 0 Å². The van der Waals surface area contributed by atoms with E-state index in [2.05, 4.69) is 10.3 Å². The van der Waals surface area contributed by atoms with E-state index < -0.39 is 5.82 Å². The molecule has 126 valence electrons. The summed E-state index contributed by atoms with van der Waals surface area (Å²) < 4.78 is 14.1. The number of aliphatic imine (C=N–C) groups is 1. The fraction of sp³-hybridized carbons (Fsp3) is 0.176. The fourth-order valence-corrected chi connectivity index (χ4v) is 2.81. The van der Waals surface area contributed by atoms with Crippen LogP contribution in [0.4, 0.5) is 10.1 Å². The van der Waals surface area contributed by atoms with Gasteiger partial charge in [-0.05, 0) is 42.5 Å². The van der Waals surface area contributed by atoms with E-state index in [9.17, 15) is 4.39 Å². The Bertz CT molecular complexity index is 780. The molecule has 2 aromatic carbocycles. The molecule has 0 aromatic heterocycles. The van der Waals surface area contributed by atoms with E-state index in [1.165, 1.54) is 6.07 Å². The highest BCUT2D eigenvalue weighted by molar-refractivity contribution is 7.80. The van der Waals surface area contributed by atoms with E-state index in [-0.39, 0.29) is 10.8 Å². The van der Waals surface area contributed by atoms with E-state index in [0.29, 0.717) is 20.4 Å². The molecule has 0 aliphatic rings. The number of amidine groups is 1. The second kappa shape index (κ2) is 7.57. The summed E-state index contributed by atoms with van der Waals surface area (Å²) in [6.45, 7) is 0. The van der Waals surface area contributed by atoms with Crippen molar-refractivity contribution >= 4 is 52.1 Å². The maximum atomic E-state index is 13.7. The Morgan fingerprint density at radius 3 is 2.21 bits per heavy atom. The number of nitrogens with zero attached hydrogens (tertiary/aromatic N) is 2. The predicted molar refractivity (Wildman–Crippen MR) is 104 cm³/mol. The monoisotopic (exact) mass is 384 g/mol. The van der Waals surface area contributed by atoms with Crippen LogP contribution in [-0.4, -0.2) is 36.6 Å². The average Bonchev–Trinajstić information content (AvgIpc) is 2.45. The van der Waals surface area contributed by atoms with Gasteiger partial charge < -0.3 is 5.32 Å². The van der Waals surface area contributed by atoms with Gasteiger partial charge in [0, 0.05) is 10.0 Å². The normalized spacial score (nSPS) is 12.2. The van der Waals surface area contributed by atoms with Crippen LogP contribution in [0.3, 0.4) is 0 Å². The van der Waals surface area contributed by atoms with Crippen LogP contribution in [0.5, 0.6) is 0 Å². The van der Waals surface area contributed by atoms with Crippen molar-refractivity contribution in [2.75, 3.05) is 26.5 Å². The molecule has 0 bridgehead atoms. The number of anilines is 1.